The number of nitrogen functional groups attached to an aromatic ring is 1. The molecular formula is C16H25N7O. The van der Waals surface area contributed by atoms with Gasteiger partial charge in [-0.2, -0.15) is 15.1 Å². The van der Waals surface area contributed by atoms with E-state index in [1.165, 1.54) is 0 Å². The molecule has 2 aromatic rings. The molecule has 1 amide bonds. The molecule has 0 radical (unpaired) electrons. The number of amides is 1. The van der Waals surface area contributed by atoms with Gasteiger partial charge >= 0.3 is 0 Å². The summed E-state index contributed by atoms with van der Waals surface area (Å²) in [4.78, 5) is 20.7. The second-order valence-electron chi connectivity index (χ2n) is 7.60. The summed E-state index contributed by atoms with van der Waals surface area (Å²) in [6, 6.07) is 0. The fourth-order valence-electron chi connectivity index (χ4n) is 3.31. The van der Waals surface area contributed by atoms with Gasteiger partial charge in [0.05, 0.1) is 22.5 Å². The van der Waals surface area contributed by atoms with E-state index in [1.807, 2.05) is 25.5 Å². The number of nitrogens with two attached hydrogens (primary N) is 2. The van der Waals surface area contributed by atoms with Gasteiger partial charge in [-0.3, -0.25) is 4.79 Å². The lowest BCUT2D eigenvalue weighted by atomic mass is 9.85. The van der Waals surface area contributed by atoms with Gasteiger partial charge in [-0.05, 0) is 33.6 Å². The molecule has 24 heavy (non-hydrogen) atoms. The van der Waals surface area contributed by atoms with Crippen molar-refractivity contribution in [2.45, 2.75) is 52.0 Å². The average Bonchev–Trinajstić information content (AvgIpc) is 3.12. The molecule has 0 aliphatic heterocycles. The predicted molar refractivity (Wildman–Crippen MR) is 93.3 cm³/mol. The van der Waals surface area contributed by atoms with Gasteiger partial charge < -0.3 is 16.8 Å². The Kier molecular flexibility index (Phi) is 3.85. The number of hydrogen-bond acceptors (Lipinski definition) is 6. The van der Waals surface area contributed by atoms with Crippen LogP contribution in [0.3, 0.4) is 0 Å². The highest BCUT2D eigenvalue weighted by atomic mass is 16.1. The van der Waals surface area contributed by atoms with Gasteiger partial charge in [0.2, 0.25) is 11.9 Å². The second-order valence-corrected chi connectivity index (χ2v) is 7.60. The zero-order valence-electron chi connectivity index (χ0n) is 14.5. The highest BCUT2D eigenvalue weighted by molar-refractivity contribution is 5.86. The smallest absolute Gasteiger partial charge is 0.226 e. The minimum absolute atomic E-state index is 0.223. The first kappa shape index (κ1) is 16.5. The average molecular weight is 331 g/mol. The van der Waals surface area contributed by atoms with Crippen molar-refractivity contribution in [1.29, 1.82) is 0 Å². The van der Waals surface area contributed by atoms with Crippen LogP contribution in [0.5, 0.6) is 0 Å². The zero-order valence-corrected chi connectivity index (χ0v) is 14.5. The topological polar surface area (TPSA) is 125 Å². The van der Waals surface area contributed by atoms with Gasteiger partial charge in [0.25, 0.3) is 0 Å². The molecule has 0 bridgehead atoms. The molecule has 130 valence electrons. The van der Waals surface area contributed by atoms with Crippen molar-refractivity contribution < 1.29 is 4.79 Å². The molecule has 2 aromatic heterocycles. The van der Waals surface area contributed by atoms with Gasteiger partial charge in [-0.1, -0.05) is 12.8 Å². The number of nitrogens with one attached hydrogen (secondary N) is 1. The number of carbonyl (C=O) groups is 1. The number of fused-ring (bicyclic) bond motifs is 1. The second kappa shape index (κ2) is 5.61. The lowest BCUT2D eigenvalue weighted by Gasteiger charge is -2.25. The fraction of sp³-hybridized carbons (Fsp3) is 0.625. The summed E-state index contributed by atoms with van der Waals surface area (Å²) in [5.41, 5.74) is 11.6. The van der Waals surface area contributed by atoms with Crippen LogP contribution in [0.1, 0.15) is 46.5 Å². The summed E-state index contributed by atoms with van der Waals surface area (Å²) in [5.74, 6) is 0.511. The summed E-state index contributed by atoms with van der Waals surface area (Å²) in [6.07, 6.45) is 5.31. The largest absolute Gasteiger partial charge is 0.383 e. The van der Waals surface area contributed by atoms with E-state index in [0.717, 1.165) is 31.1 Å². The van der Waals surface area contributed by atoms with Gasteiger partial charge in [0.15, 0.2) is 5.65 Å². The number of hydrogen-bond donors (Lipinski definition) is 3. The summed E-state index contributed by atoms with van der Waals surface area (Å²) >= 11 is 0. The van der Waals surface area contributed by atoms with Crippen LogP contribution in [-0.2, 0) is 10.3 Å². The van der Waals surface area contributed by atoms with E-state index in [-0.39, 0.29) is 11.4 Å². The highest BCUT2D eigenvalue weighted by Crippen LogP contribution is 2.38. The van der Waals surface area contributed by atoms with Crippen molar-refractivity contribution in [2.24, 2.45) is 11.1 Å². The van der Waals surface area contributed by atoms with Gasteiger partial charge in [-0.25, -0.2) is 4.68 Å². The molecule has 5 N–H and O–H groups in total. The van der Waals surface area contributed by atoms with E-state index < -0.39 is 5.41 Å². The Balaban J connectivity index is 1.91. The maximum absolute atomic E-state index is 11.9. The maximum Gasteiger partial charge on any atom is 0.226 e. The molecule has 8 heteroatoms. The fourth-order valence-corrected chi connectivity index (χ4v) is 3.31. The number of aromatic nitrogens is 4. The Morgan fingerprint density at radius 3 is 2.58 bits per heavy atom. The zero-order chi connectivity index (χ0) is 17.5. The third-order valence-electron chi connectivity index (χ3n) is 4.76. The molecule has 0 atom stereocenters. The lowest BCUT2D eigenvalue weighted by molar-refractivity contribution is -0.126. The first-order chi connectivity index (χ1) is 11.2. The van der Waals surface area contributed by atoms with Crippen LogP contribution in [-0.4, -0.2) is 32.2 Å². The van der Waals surface area contributed by atoms with E-state index >= 15 is 0 Å². The number of nitrogens with zero attached hydrogens (tertiary/aromatic N) is 4. The number of primary amides is 1. The Bertz CT molecular complexity index is 769. The van der Waals surface area contributed by atoms with Crippen LogP contribution in [0.25, 0.3) is 11.0 Å². The van der Waals surface area contributed by atoms with Crippen LogP contribution in [0.2, 0.25) is 0 Å². The molecule has 3 rings (SSSR count). The molecule has 1 aliphatic rings. The van der Waals surface area contributed by atoms with E-state index in [0.29, 0.717) is 24.0 Å². The Labute approximate surface area is 141 Å². The number of carbonyl (C=O) groups excluding carboxylic acids is 1. The molecular weight excluding hydrogens is 306 g/mol. The van der Waals surface area contributed by atoms with E-state index in [4.69, 9.17) is 11.5 Å². The minimum Gasteiger partial charge on any atom is -0.383 e. The Morgan fingerprint density at radius 2 is 2.00 bits per heavy atom. The minimum atomic E-state index is -0.517. The number of rotatable bonds is 4. The van der Waals surface area contributed by atoms with Crippen LogP contribution in [0.4, 0.5) is 11.8 Å². The first-order valence-electron chi connectivity index (χ1n) is 8.28. The Morgan fingerprint density at radius 1 is 1.33 bits per heavy atom. The number of anilines is 2. The maximum atomic E-state index is 11.9. The monoisotopic (exact) mass is 331 g/mol. The standard InChI is InChI=1S/C16H25N7O/c1-15(2,3)23-12-10(8-20-23)11(17)21-14(22-12)19-9-16(13(18)24)6-4-5-7-16/h8H,4-7,9H2,1-3H3,(H2,18,24)(H3,17,19,21,22). The van der Waals surface area contributed by atoms with Crippen LogP contribution >= 0.6 is 0 Å². The normalized spacial score (nSPS) is 17.3. The SMILES string of the molecule is CC(C)(C)n1ncc2c(N)nc(NCC3(C(N)=O)CCCC3)nc21. The summed E-state index contributed by atoms with van der Waals surface area (Å²) < 4.78 is 1.82. The van der Waals surface area contributed by atoms with Crippen molar-refractivity contribution >= 4 is 28.7 Å². The van der Waals surface area contributed by atoms with Crippen molar-refractivity contribution in [3.8, 4) is 0 Å². The van der Waals surface area contributed by atoms with Crippen molar-refractivity contribution in [3.05, 3.63) is 6.20 Å². The van der Waals surface area contributed by atoms with E-state index in [2.05, 4.69) is 20.4 Å². The molecule has 1 saturated carbocycles. The van der Waals surface area contributed by atoms with Crippen molar-refractivity contribution in [1.82, 2.24) is 19.7 Å². The summed E-state index contributed by atoms with van der Waals surface area (Å²) in [7, 11) is 0. The third kappa shape index (κ3) is 2.76. The molecule has 0 spiro atoms. The van der Waals surface area contributed by atoms with Crippen LogP contribution in [0, 0.1) is 5.41 Å². The van der Waals surface area contributed by atoms with E-state index in [1.54, 1.807) is 6.20 Å². The first-order valence-corrected chi connectivity index (χ1v) is 8.28. The Hall–Kier alpha value is -2.38. The molecule has 0 saturated heterocycles. The lowest BCUT2D eigenvalue weighted by Crippen LogP contribution is -2.40. The van der Waals surface area contributed by atoms with E-state index in [9.17, 15) is 4.79 Å². The highest BCUT2D eigenvalue weighted by Gasteiger charge is 2.39. The predicted octanol–water partition coefficient (Wildman–Crippen LogP) is 1.62. The van der Waals surface area contributed by atoms with Gasteiger partial charge in [0, 0.05) is 6.54 Å². The van der Waals surface area contributed by atoms with Crippen molar-refractivity contribution in [3.63, 3.8) is 0 Å². The molecule has 0 aromatic carbocycles. The van der Waals surface area contributed by atoms with Gasteiger partial charge in [-0.15, -0.1) is 0 Å². The van der Waals surface area contributed by atoms with Gasteiger partial charge in [0.1, 0.15) is 5.82 Å². The molecule has 1 fully saturated rings. The quantitative estimate of drug-likeness (QED) is 0.782. The third-order valence-corrected chi connectivity index (χ3v) is 4.76. The van der Waals surface area contributed by atoms with Crippen LogP contribution < -0.4 is 16.8 Å². The summed E-state index contributed by atoms with van der Waals surface area (Å²) in [6.45, 7) is 6.57. The molecule has 2 heterocycles. The summed E-state index contributed by atoms with van der Waals surface area (Å²) in [5, 5.41) is 8.27. The van der Waals surface area contributed by atoms with Crippen LogP contribution in [0.15, 0.2) is 6.20 Å². The molecule has 8 nitrogen and oxygen atoms in total. The molecule has 1 aliphatic carbocycles. The molecule has 0 unspecified atom stereocenters. The van der Waals surface area contributed by atoms with Crippen molar-refractivity contribution in [2.75, 3.05) is 17.6 Å².